The lowest BCUT2D eigenvalue weighted by atomic mass is 10.1. The Balaban J connectivity index is 1.23. The summed E-state index contributed by atoms with van der Waals surface area (Å²) in [4.78, 5) is 24.6. The van der Waals surface area contributed by atoms with E-state index in [2.05, 4.69) is 31.6 Å². The fraction of sp³-hybridized carbons (Fsp3) is 0.455. The number of nitrogens with zero attached hydrogens (tertiary/aromatic N) is 4. The molecule has 1 N–H and O–H groups in total. The van der Waals surface area contributed by atoms with Gasteiger partial charge in [0.2, 0.25) is 5.91 Å². The van der Waals surface area contributed by atoms with Gasteiger partial charge in [-0.05, 0) is 35.6 Å². The van der Waals surface area contributed by atoms with E-state index in [4.69, 9.17) is 0 Å². The summed E-state index contributed by atoms with van der Waals surface area (Å²) in [6.45, 7) is 5.08. The van der Waals surface area contributed by atoms with Crippen molar-refractivity contribution in [2.75, 3.05) is 51.2 Å². The number of guanidine groups is 1. The molecule has 2 aliphatic heterocycles. The van der Waals surface area contributed by atoms with E-state index in [1.54, 1.807) is 24.5 Å². The quantitative estimate of drug-likeness (QED) is 0.600. The van der Waals surface area contributed by atoms with Gasteiger partial charge in [0, 0.05) is 64.2 Å². The van der Waals surface area contributed by atoms with Gasteiger partial charge in [0.1, 0.15) is 5.82 Å². The number of benzene rings is 1. The van der Waals surface area contributed by atoms with Gasteiger partial charge in [-0.1, -0.05) is 12.1 Å². The number of piperazine rings is 1. The number of rotatable bonds is 4. The molecule has 1 fully saturated rings. The number of anilines is 1. The lowest BCUT2D eigenvalue weighted by Gasteiger charge is -2.37. The summed E-state index contributed by atoms with van der Waals surface area (Å²) in [7, 11) is 1.76. The van der Waals surface area contributed by atoms with Crippen LogP contribution in [0, 0.1) is 5.82 Å². The minimum Gasteiger partial charge on any atom is -0.366 e. The lowest BCUT2D eigenvalue weighted by molar-refractivity contribution is -0.131. The highest BCUT2D eigenvalue weighted by molar-refractivity contribution is 7.10. The predicted octanol–water partition coefficient (Wildman–Crippen LogP) is 2.56. The third kappa shape index (κ3) is 4.59. The maximum Gasteiger partial charge on any atom is 0.224 e. The van der Waals surface area contributed by atoms with Gasteiger partial charge in [0.05, 0.1) is 5.69 Å². The van der Waals surface area contributed by atoms with Gasteiger partial charge in [-0.3, -0.25) is 9.79 Å². The average molecular weight is 430 g/mol. The van der Waals surface area contributed by atoms with Crippen LogP contribution in [0.4, 0.5) is 10.1 Å². The van der Waals surface area contributed by atoms with Gasteiger partial charge in [-0.15, -0.1) is 11.3 Å². The number of para-hydroxylation sites is 1. The second kappa shape index (κ2) is 9.47. The number of amides is 1. The highest BCUT2D eigenvalue weighted by atomic mass is 32.1. The van der Waals surface area contributed by atoms with Crippen LogP contribution in [0.15, 0.2) is 40.7 Å². The van der Waals surface area contributed by atoms with Crippen molar-refractivity contribution in [3.63, 3.8) is 0 Å². The molecule has 0 saturated carbocycles. The van der Waals surface area contributed by atoms with E-state index in [9.17, 15) is 9.18 Å². The maximum atomic E-state index is 14.0. The molecule has 3 heterocycles. The van der Waals surface area contributed by atoms with E-state index in [0.717, 1.165) is 51.6 Å². The molecule has 160 valence electrons. The van der Waals surface area contributed by atoms with Gasteiger partial charge >= 0.3 is 0 Å². The Kier molecular flexibility index (Phi) is 6.52. The molecule has 4 rings (SSSR count). The smallest absolute Gasteiger partial charge is 0.224 e. The van der Waals surface area contributed by atoms with Crippen molar-refractivity contribution in [1.29, 1.82) is 0 Å². The largest absolute Gasteiger partial charge is 0.366 e. The van der Waals surface area contributed by atoms with Gasteiger partial charge in [-0.2, -0.15) is 0 Å². The van der Waals surface area contributed by atoms with Gasteiger partial charge in [-0.25, -0.2) is 4.39 Å². The SMILES string of the molecule is CN=C(NCCC(=O)N1CCc2sccc2C1)N1CCN(c2ccccc2F)CC1. The topological polar surface area (TPSA) is 51.2 Å². The van der Waals surface area contributed by atoms with Crippen molar-refractivity contribution < 1.29 is 9.18 Å². The number of hydrogen-bond donors (Lipinski definition) is 1. The van der Waals surface area contributed by atoms with E-state index in [1.807, 2.05) is 17.0 Å². The Bertz CT molecular complexity index is 906. The Morgan fingerprint density at radius 1 is 1.13 bits per heavy atom. The van der Waals surface area contributed by atoms with Gasteiger partial charge in [0.15, 0.2) is 5.96 Å². The number of nitrogens with one attached hydrogen (secondary N) is 1. The zero-order chi connectivity index (χ0) is 20.9. The second-order valence-corrected chi connectivity index (χ2v) is 8.58. The number of fused-ring (bicyclic) bond motifs is 1. The fourth-order valence-corrected chi connectivity index (χ4v) is 4.99. The van der Waals surface area contributed by atoms with E-state index in [0.29, 0.717) is 18.7 Å². The molecule has 0 bridgehead atoms. The van der Waals surface area contributed by atoms with E-state index < -0.39 is 0 Å². The van der Waals surface area contributed by atoms with Crippen LogP contribution in [0.5, 0.6) is 0 Å². The second-order valence-electron chi connectivity index (χ2n) is 7.58. The minimum atomic E-state index is -0.181. The molecule has 1 saturated heterocycles. The van der Waals surface area contributed by atoms with Crippen LogP contribution in [-0.2, 0) is 17.8 Å². The minimum absolute atomic E-state index is 0.180. The summed E-state index contributed by atoms with van der Waals surface area (Å²) >= 11 is 1.78. The summed E-state index contributed by atoms with van der Waals surface area (Å²) in [5.41, 5.74) is 1.94. The molecule has 0 unspecified atom stereocenters. The maximum absolute atomic E-state index is 14.0. The van der Waals surface area contributed by atoms with Gasteiger partial charge in [0.25, 0.3) is 0 Å². The summed E-state index contributed by atoms with van der Waals surface area (Å²) in [6.07, 6.45) is 1.41. The van der Waals surface area contributed by atoms with Crippen LogP contribution >= 0.6 is 11.3 Å². The monoisotopic (exact) mass is 429 g/mol. The van der Waals surface area contributed by atoms with Crippen molar-refractivity contribution >= 4 is 28.9 Å². The van der Waals surface area contributed by atoms with Crippen LogP contribution in [-0.4, -0.2) is 68.0 Å². The number of carbonyl (C=O) groups is 1. The van der Waals surface area contributed by atoms with Crippen LogP contribution in [0.3, 0.4) is 0 Å². The molecule has 0 atom stereocenters. The molecule has 0 aliphatic carbocycles. The predicted molar refractivity (Wildman–Crippen MR) is 120 cm³/mol. The average Bonchev–Trinajstić information content (AvgIpc) is 3.25. The summed E-state index contributed by atoms with van der Waals surface area (Å²) in [5.74, 6) is 0.799. The van der Waals surface area contributed by atoms with Gasteiger partial charge < -0.3 is 20.0 Å². The highest BCUT2D eigenvalue weighted by Crippen LogP contribution is 2.24. The first-order valence-corrected chi connectivity index (χ1v) is 11.3. The molecule has 2 aliphatic rings. The number of halogens is 1. The molecule has 6 nitrogen and oxygen atoms in total. The Morgan fingerprint density at radius 3 is 2.70 bits per heavy atom. The normalized spacial score (nSPS) is 17.1. The highest BCUT2D eigenvalue weighted by Gasteiger charge is 2.23. The van der Waals surface area contributed by atoms with Crippen molar-refractivity contribution in [3.05, 3.63) is 52.0 Å². The number of hydrogen-bond acceptors (Lipinski definition) is 4. The molecule has 1 amide bonds. The van der Waals surface area contributed by atoms with E-state index >= 15 is 0 Å². The molecule has 1 aromatic carbocycles. The molecule has 1 aromatic heterocycles. The zero-order valence-corrected chi connectivity index (χ0v) is 18.1. The zero-order valence-electron chi connectivity index (χ0n) is 17.3. The number of thiophene rings is 1. The third-order valence-electron chi connectivity index (χ3n) is 5.77. The Morgan fingerprint density at radius 2 is 1.93 bits per heavy atom. The fourth-order valence-electron chi connectivity index (χ4n) is 4.10. The van der Waals surface area contributed by atoms with Crippen LogP contribution < -0.4 is 10.2 Å². The molecule has 30 heavy (non-hydrogen) atoms. The first-order chi connectivity index (χ1) is 14.7. The van der Waals surface area contributed by atoms with Crippen LogP contribution in [0.25, 0.3) is 0 Å². The molecule has 0 radical (unpaired) electrons. The van der Waals surface area contributed by atoms with Crippen molar-refractivity contribution in [1.82, 2.24) is 15.1 Å². The molecule has 8 heteroatoms. The van der Waals surface area contributed by atoms with Crippen LogP contribution in [0.1, 0.15) is 16.9 Å². The molecule has 2 aromatic rings. The van der Waals surface area contributed by atoms with E-state index in [1.165, 1.54) is 16.5 Å². The van der Waals surface area contributed by atoms with Crippen molar-refractivity contribution in [2.45, 2.75) is 19.4 Å². The molecule has 0 spiro atoms. The number of carbonyl (C=O) groups excluding carboxylic acids is 1. The van der Waals surface area contributed by atoms with Crippen molar-refractivity contribution in [2.24, 2.45) is 4.99 Å². The van der Waals surface area contributed by atoms with Crippen molar-refractivity contribution in [3.8, 4) is 0 Å². The third-order valence-corrected chi connectivity index (χ3v) is 6.79. The van der Waals surface area contributed by atoms with Crippen LogP contribution in [0.2, 0.25) is 0 Å². The Hall–Kier alpha value is -2.61. The summed E-state index contributed by atoms with van der Waals surface area (Å²) in [5, 5.41) is 5.43. The standard InChI is InChI=1S/C22H28FN5OS/c1-24-22(27-13-11-26(12-14-27)19-5-3-2-4-18(19)23)25-9-6-21(29)28-10-7-20-17(16-28)8-15-30-20/h2-5,8,15H,6-7,9-14,16H2,1H3,(H,24,25). The number of aliphatic imine (C=N–C) groups is 1. The Labute approximate surface area is 181 Å². The lowest BCUT2D eigenvalue weighted by Crippen LogP contribution is -2.53. The summed E-state index contributed by atoms with van der Waals surface area (Å²) in [6, 6.07) is 9.03. The first kappa shape index (κ1) is 20.7. The molecular formula is C22H28FN5OS. The summed E-state index contributed by atoms with van der Waals surface area (Å²) < 4.78 is 14.0. The van der Waals surface area contributed by atoms with E-state index in [-0.39, 0.29) is 11.7 Å². The molecular weight excluding hydrogens is 401 g/mol. The first-order valence-electron chi connectivity index (χ1n) is 10.4.